The molecule has 0 aromatic carbocycles. The van der Waals surface area contributed by atoms with Crippen LogP contribution < -0.4 is 10.2 Å². The van der Waals surface area contributed by atoms with Crippen LogP contribution in [0.5, 0.6) is 0 Å². The number of hydrogen-bond acceptors (Lipinski definition) is 4. The Morgan fingerprint density at radius 3 is 2.33 bits per heavy atom. The predicted molar refractivity (Wildman–Crippen MR) is 87.8 cm³/mol. The molecule has 1 aliphatic rings. The Morgan fingerprint density at radius 1 is 1.24 bits per heavy atom. The van der Waals surface area contributed by atoms with Gasteiger partial charge < -0.3 is 15.0 Å². The van der Waals surface area contributed by atoms with Crippen molar-refractivity contribution in [2.45, 2.75) is 58.8 Å². The Bertz CT molecular complexity index is 451. The van der Waals surface area contributed by atoms with Crippen LogP contribution in [0.1, 0.15) is 53.1 Å². The Hall–Kier alpha value is -1.13. The quantitative estimate of drug-likeness (QED) is 0.924. The number of ether oxygens (including phenoxy) is 1. The van der Waals surface area contributed by atoms with Crippen LogP contribution in [0.2, 0.25) is 0 Å². The molecule has 4 nitrogen and oxygen atoms in total. The van der Waals surface area contributed by atoms with Gasteiger partial charge in [0.05, 0.1) is 11.2 Å². The third-order valence-electron chi connectivity index (χ3n) is 3.80. The average Bonchev–Trinajstić information content (AvgIpc) is 2.35. The van der Waals surface area contributed by atoms with E-state index in [1.54, 1.807) is 0 Å². The normalized spacial score (nSPS) is 22.1. The van der Waals surface area contributed by atoms with Crippen molar-refractivity contribution in [3.63, 3.8) is 0 Å². The molecule has 1 aromatic heterocycles. The monoisotopic (exact) mass is 291 g/mol. The lowest BCUT2D eigenvalue weighted by atomic mass is 9.99. The van der Waals surface area contributed by atoms with Crippen molar-refractivity contribution in [1.29, 1.82) is 0 Å². The lowest BCUT2D eigenvalue weighted by Gasteiger charge is -2.47. The Kier molecular flexibility index (Phi) is 4.59. The molecule has 1 atom stereocenters. The lowest BCUT2D eigenvalue weighted by Crippen LogP contribution is -2.57. The number of anilines is 1. The first kappa shape index (κ1) is 16.2. The van der Waals surface area contributed by atoms with E-state index in [9.17, 15) is 0 Å². The Labute approximate surface area is 128 Å². The summed E-state index contributed by atoms with van der Waals surface area (Å²) in [5.41, 5.74) is 0.922. The second-order valence-electron chi connectivity index (χ2n) is 7.21. The number of rotatable bonds is 4. The molecule has 2 rings (SSSR count). The fourth-order valence-electron chi connectivity index (χ4n) is 3.21. The molecule has 0 saturated carbocycles. The number of nitrogens with one attached hydrogen (secondary N) is 1. The predicted octanol–water partition coefficient (Wildman–Crippen LogP) is 3.15. The van der Waals surface area contributed by atoms with Crippen molar-refractivity contribution in [3.8, 4) is 0 Å². The molecule has 1 N–H and O–H groups in total. The molecule has 0 aliphatic carbocycles. The molecule has 118 valence electrons. The van der Waals surface area contributed by atoms with Gasteiger partial charge in [-0.25, -0.2) is 4.98 Å². The van der Waals surface area contributed by atoms with E-state index in [0.717, 1.165) is 25.5 Å². The summed E-state index contributed by atoms with van der Waals surface area (Å²) in [6.45, 7) is 15.6. The van der Waals surface area contributed by atoms with Crippen LogP contribution in [-0.4, -0.2) is 35.8 Å². The van der Waals surface area contributed by atoms with E-state index in [2.05, 4.69) is 68.9 Å². The Morgan fingerprint density at radius 2 is 1.86 bits per heavy atom. The summed E-state index contributed by atoms with van der Waals surface area (Å²) in [5.74, 6) is 1.03. The van der Waals surface area contributed by atoms with E-state index in [1.165, 1.54) is 5.56 Å². The summed E-state index contributed by atoms with van der Waals surface area (Å²) < 4.78 is 6.13. The van der Waals surface area contributed by atoms with Crippen molar-refractivity contribution in [3.05, 3.63) is 23.9 Å². The second-order valence-corrected chi connectivity index (χ2v) is 7.21. The zero-order valence-corrected chi connectivity index (χ0v) is 14.2. The molecule has 0 radical (unpaired) electrons. The van der Waals surface area contributed by atoms with E-state index < -0.39 is 0 Å². The molecule has 1 fully saturated rings. The number of aromatic nitrogens is 1. The van der Waals surface area contributed by atoms with Crippen LogP contribution in [0, 0.1) is 0 Å². The third kappa shape index (κ3) is 4.17. The minimum absolute atomic E-state index is 0.154. The van der Waals surface area contributed by atoms with Crippen molar-refractivity contribution in [1.82, 2.24) is 10.3 Å². The van der Waals surface area contributed by atoms with Crippen LogP contribution in [0.25, 0.3) is 0 Å². The number of morpholine rings is 1. The maximum atomic E-state index is 6.13. The first-order valence-corrected chi connectivity index (χ1v) is 7.87. The standard InChI is InChI=1S/C17H29N3O/c1-7-18-13(2)14-8-9-15(19-10-14)20-11-16(3,4)21-17(5,6)12-20/h8-10,13,18H,7,11-12H2,1-6H3. The minimum Gasteiger partial charge on any atom is -0.366 e. The third-order valence-corrected chi connectivity index (χ3v) is 3.80. The number of hydrogen-bond donors (Lipinski definition) is 1. The molecule has 1 aromatic rings. The zero-order chi connectivity index (χ0) is 15.7. The molecule has 1 unspecified atom stereocenters. The van der Waals surface area contributed by atoms with Gasteiger partial charge in [0.2, 0.25) is 0 Å². The summed E-state index contributed by atoms with van der Waals surface area (Å²) in [7, 11) is 0. The summed E-state index contributed by atoms with van der Waals surface area (Å²) in [6.07, 6.45) is 1.98. The highest BCUT2D eigenvalue weighted by molar-refractivity contribution is 5.41. The van der Waals surface area contributed by atoms with Crippen LogP contribution >= 0.6 is 0 Å². The van der Waals surface area contributed by atoms with E-state index in [0.29, 0.717) is 6.04 Å². The van der Waals surface area contributed by atoms with Gasteiger partial charge in [0.25, 0.3) is 0 Å². The fourth-order valence-corrected chi connectivity index (χ4v) is 3.21. The minimum atomic E-state index is -0.154. The molecular weight excluding hydrogens is 262 g/mol. The van der Waals surface area contributed by atoms with Gasteiger partial charge in [0.15, 0.2) is 0 Å². The Balaban J connectivity index is 2.14. The highest BCUT2D eigenvalue weighted by atomic mass is 16.5. The molecule has 1 saturated heterocycles. The van der Waals surface area contributed by atoms with Crippen molar-refractivity contribution < 1.29 is 4.74 Å². The van der Waals surface area contributed by atoms with Gasteiger partial charge in [-0.3, -0.25) is 0 Å². The fraction of sp³-hybridized carbons (Fsp3) is 0.706. The van der Waals surface area contributed by atoms with E-state index in [1.807, 2.05) is 6.20 Å². The highest BCUT2D eigenvalue weighted by Gasteiger charge is 2.38. The molecule has 0 spiro atoms. The molecule has 4 heteroatoms. The molecule has 0 amide bonds. The zero-order valence-electron chi connectivity index (χ0n) is 14.2. The van der Waals surface area contributed by atoms with Crippen LogP contribution in [0.4, 0.5) is 5.82 Å². The lowest BCUT2D eigenvalue weighted by molar-refractivity contribution is -0.133. The van der Waals surface area contributed by atoms with Gasteiger partial charge in [-0.1, -0.05) is 13.0 Å². The second kappa shape index (κ2) is 5.93. The maximum Gasteiger partial charge on any atom is 0.128 e. The van der Waals surface area contributed by atoms with Crippen LogP contribution in [0.15, 0.2) is 18.3 Å². The number of nitrogens with zero attached hydrogens (tertiary/aromatic N) is 2. The SMILES string of the molecule is CCNC(C)c1ccc(N2CC(C)(C)OC(C)(C)C2)nc1. The van der Waals surface area contributed by atoms with Gasteiger partial charge in [-0.2, -0.15) is 0 Å². The van der Waals surface area contributed by atoms with E-state index in [4.69, 9.17) is 4.74 Å². The van der Waals surface area contributed by atoms with Crippen molar-refractivity contribution >= 4 is 5.82 Å². The average molecular weight is 291 g/mol. The van der Waals surface area contributed by atoms with E-state index >= 15 is 0 Å². The van der Waals surface area contributed by atoms with Crippen molar-refractivity contribution in [2.24, 2.45) is 0 Å². The van der Waals surface area contributed by atoms with Gasteiger partial charge >= 0.3 is 0 Å². The summed E-state index contributed by atoms with van der Waals surface area (Å²) >= 11 is 0. The molecule has 0 bridgehead atoms. The largest absolute Gasteiger partial charge is 0.366 e. The van der Waals surface area contributed by atoms with Gasteiger partial charge in [-0.15, -0.1) is 0 Å². The van der Waals surface area contributed by atoms with Gasteiger partial charge in [0, 0.05) is 25.3 Å². The topological polar surface area (TPSA) is 37.4 Å². The molecule has 21 heavy (non-hydrogen) atoms. The first-order chi connectivity index (χ1) is 9.72. The van der Waals surface area contributed by atoms with Crippen molar-refractivity contribution in [2.75, 3.05) is 24.5 Å². The number of pyridine rings is 1. The highest BCUT2D eigenvalue weighted by Crippen LogP contribution is 2.30. The summed E-state index contributed by atoms with van der Waals surface area (Å²) in [4.78, 5) is 6.99. The molecule has 2 heterocycles. The van der Waals surface area contributed by atoms with Crippen LogP contribution in [-0.2, 0) is 4.74 Å². The summed E-state index contributed by atoms with van der Waals surface area (Å²) in [6, 6.07) is 4.64. The first-order valence-electron chi connectivity index (χ1n) is 7.87. The smallest absolute Gasteiger partial charge is 0.128 e. The van der Waals surface area contributed by atoms with Crippen LogP contribution in [0.3, 0.4) is 0 Å². The summed E-state index contributed by atoms with van der Waals surface area (Å²) in [5, 5.41) is 3.41. The maximum absolute atomic E-state index is 6.13. The van der Waals surface area contributed by atoms with Gasteiger partial charge in [0.1, 0.15) is 5.82 Å². The van der Waals surface area contributed by atoms with E-state index in [-0.39, 0.29) is 11.2 Å². The molecule has 1 aliphatic heterocycles. The molecular formula is C17H29N3O. The van der Waals surface area contributed by atoms with Gasteiger partial charge in [-0.05, 0) is 52.8 Å².